The molecule has 1 aliphatic heterocycles. The molecule has 35 heavy (non-hydrogen) atoms. The Labute approximate surface area is 204 Å². The molecule has 0 saturated heterocycles. The van der Waals surface area contributed by atoms with Crippen molar-refractivity contribution in [1.82, 2.24) is 10.2 Å². The molecule has 2 aromatic rings. The van der Waals surface area contributed by atoms with Crippen molar-refractivity contribution in [3.63, 3.8) is 0 Å². The number of ether oxygens (including phenoxy) is 1. The van der Waals surface area contributed by atoms with E-state index >= 15 is 0 Å². The summed E-state index contributed by atoms with van der Waals surface area (Å²) in [6.45, 7) is 8.59. The number of amides is 4. The van der Waals surface area contributed by atoms with E-state index in [1.54, 1.807) is 13.0 Å². The SMILES string of the molecule is CCN(CC(=O)NC(C)C)C(=O)COC(=O)c1ccc2c(c1)C(=O)N(c1cc(C)ccc1C)C2=O. The highest BCUT2D eigenvalue weighted by atomic mass is 16.5. The Bertz CT molecular complexity index is 1200. The van der Waals surface area contributed by atoms with E-state index in [0.29, 0.717) is 5.69 Å². The molecule has 3 rings (SSSR count). The fraction of sp³-hybridized carbons (Fsp3) is 0.346. The zero-order chi connectivity index (χ0) is 25.9. The van der Waals surface area contributed by atoms with E-state index in [2.05, 4.69) is 5.32 Å². The molecule has 0 aliphatic carbocycles. The van der Waals surface area contributed by atoms with Crippen LogP contribution in [0.3, 0.4) is 0 Å². The second-order valence-corrected chi connectivity index (χ2v) is 8.70. The number of carbonyl (C=O) groups is 5. The van der Waals surface area contributed by atoms with Crippen LogP contribution >= 0.6 is 0 Å². The van der Waals surface area contributed by atoms with Crippen molar-refractivity contribution in [1.29, 1.82) is 0 Å². The number of aryl methyl sites for hydroxylation is 2. The van der Waals surface area contributed by atoms with Crippen LogP contribution < -0.4 is 10.2 Å². The zero-order valence-electron chi connectivity index (χ0n) is 20.5. The van der Waals surface area contributed by atoms with Crippen molar-refractivity contribution in [2.24, 2.45) is 0 Å². The van der Waals surface area contributed by atoms with Gasteiger partial charge in [-0.2, -0.15) is 0 Å². The Morgan fingerprint density at radius 3 is 2.34 bits per heavy atom. The number of carbonyl (C=O) groups excluding carboxylic acids is 5. The molecule has 1 N–H and O–H groups in total. The molecule has 9 heteroatoms. The highest BCUT2D eigenvalue weighted by molar-refractivity contribution is 6.35. The van der Waals surface area contributed by atoms with E-state index in [1.165, 1.54) is 23.1 Å². The maximum Gasteiger partial charge on any atom is 0.338 e. The fourth-order valence-corrected chi connectivity index (χ4v) is 3.77. The van der Waals surface area contributed by atoms with E-state index in [9.17, 15) is 24.0 Å². The van der Waals surface area contributed by atoms with E-state index < -0.39 is 30.3 Å². The summed E-state index contributed by atoms with van der Waals surface area (Å²) in [7, 11) is 0. The smallest absolute Gasteiger partial charge is 0.338 e. The molecule has 184 valence electrons. The predicted octanol–water partition coefficient (Wildman–Crippen LogP) is 2.63. The van der Waals surface area contributed by atoms with Crippen molar-refractivity contribution >= 4 is 35.3 Å². The average molecular weight is 480 g/mol. The third-order valence-electron chi connectivity index (χ3n) is 5.57. The van der Waals surface area contributed by atoms with Gasteiger partial charge in [0.2, 0.25) is 5.91 Å². The van der Waals surface area contributed by atoms with Gasteiger partial charge in [-0.15, -0.1) is 0 Å². The number of fused-ring (bicyclic) bond motifs is 1. The summed E-state index contributed by atoms with van der Waals surface area (Å²) in [6.07, 6.45) is 0. The number of nitrogens with zero attached hydrogens (tertiary/aromatic N) is 2. The minimum Gasteiger partial charge on any atom is -0.452 e. The van der Waals surface area contributed by atoms with E-state index in [0.717, 1.165) is 16.0 Å². The first-order valence-corrected chi connectivity index (χ1v) is 11.4. The predicted molar refractivity (Wildman–Crippen MR) is 129 cm³/mol. The van der Waals surface area contributed by atoms with Gasteiger partial charge in [-0.05, 0) is 70.0 Å². The van der Waals surface area contributed by atoms with Crippen molar-refractivity contribution in [3.8, 4) is 0 Å². The van der Waals surface area contributed by atoms with Crippen molar-refractivity contribution in [3.05, 3.63) is 64.2 Å². The molecule has 1 aliphatic rings. The highest BCUT2D eigenvalue weighted by Gasteiger charge is 2.38. The van der Waals surface area contributed by atoms with Gasteiger partial charge in [-0.3, -0.25) is 19.2 Å². The average Bonchev–Trinajstić information content (AvgIpc) is 3.06. The van der Waals surface area contributed by atoms with Crippen LogP contribution in [-0.4, -0.2) is 60.2 Å². The van der Waals surface area contributed by atoms with Gasteiger partial charge < -0.3 is 15.0 Å². The lowest BCUT2D eigenvalue weighted by molar-refractivity contribution is -0.138. The fourth-order valence-electron chi connectivity index (χ4n) is 3.77. The first kappa shape index (κ1) is 25.6. The summed E-state index contributed by atoms with van der Waals surface area (Å²) < 4.78 is 5.13. The van der Waals surface area contributed by atoms with Gasteiger partial charge in [-0.25, -0.2) is 9.69 Å². The summed E-state index contributed by atoms with van der Waals surface area (Å²) in [5, 5.41) is 2.70. The van der Waals surface area contributed by atoms with Gasteiger partial charge in [0.25, 0.3) is 17.7 Å². The van der Waals surface area contributed by atoms with E-state index in [4.69, 9.17) is 4.74 Å². The zero-order valence-corrected chi connectivity index (χ0v) is 20.5. The Morgan fingerprint density at radius 1 is 1.00 bits per heavy atom. The van der Waals surface area contributed by atoms with E-state index in [1.807, 2.05) is 39.8 Å². The summed E-state index contributed by atoms with van der Waals surface area (Å²) >= 11 is 0. The van der Waals surface area contributed by atoms with Gasteiger partial charge in [0, 0.05) is 12.6 Å². The molecule has 9 nitrogen and oxygen atoms in total. The van der Waals surface area contributed by atoms with Crippen LogP contribution in [0.5, 0.6) is 0 Å². The van der Waals surface area contributed by atoms with Crippen molar-refractivity contribution in [2.75, 3.05) is 24.6 Å². The van der Waals surface area contributed by atoms with Crippen LogP contribution in [0.25, 0.3) is 0 Å². The monoisotopic (exact) mass is 479 g/mol. The lowest BCUT2D eigenvalue weighted by Crippen LogP contribution is -2.44. The third kappa shape index (κ3) is 5.56. The molecule has 1 heterocycles. The largest absolute Gasteiger partial charge is 0.452 e. The Morgan fingerprint density at radius 2 is 1.69 bits per heavy atom. The number of anilines is 1. The molecule has 0 aromatic heterocycles. The summed E-state index contributed by atoms with van der Waals surface area (Å²) in [5.74, 6) is -2.64. The molecule has 0 spiro atoms. The Kier molecular flexibility index (Phi) is 7.68. The molecular weight excluding hydrogens is 450 g/mol. The molecular formula is C26H29N3O6. The van der Waals surface area contributed by atoms with Crippen molar-refractivity contribution in [2.45, 2.75) is 40.7 Å². The number of esters is 1. The van der Waals surface area contributed by atoms with Gasteiger partial charge in [0.15, 0.2) is 6.61 Å². The quantitative estimate of drug-likeness (QED) is 0.460. The first-order valence-electron chi connectivity index (χ1n) is 11.4. The maximum atomic E-state index is 13.1. The molecule has 2 aromatic carbocycles. The minimum absolute atomic E-state index is 0.0427. The second kappa shape index (κ2) is 10.5. The van der Waals surface area contributed by atoms with Gasteiger partial charge in [0.05, 0.1) is 28.9 Å². The van der Waals surface area contributed by atoms with Crippen LogP contribution in [0.15, 0.2) is 36.4 Å². The van der Waals surface area contributed by atoms with Crippen LogP contribution in [0.1, 0.15) is 63.0 Å². The van der Waals surface area contributed by atoms with Crippen LogP contribution in [0.4, 0.5) is 5.69 Å². The molecule has 4 amide bonds. The van der Waals surface area contributed by atoms with Crippen LogP contribution in [0, 0.1) is 13.8 Å². The summed E-state index contributed by atoms with van der Waals surface area (Å²) in [5.41, 5.74) is 2.49. The molecule has 0 unspecified atom stereocenters. The second-order valence-electron chi connectivity index (χ2n) is 8.70. The van der Waals surface area contributed by atoms with Crippen molar-refractivity contribution < 1.29 is 28.7 Å². The lowest BCUT2D eigenvalue weighted by Gasteiger charge is -2.21. The summed E-state index contributed by atoms with van der Waals surface area (Å²) in [4.78, 5) is 65.4. The van der Waals surface area contributed by atoms with E-state index in [-0.39, 0.29) is 41.7 Å². The number of hydrogen-bond acceptors (Lipinski definition) is 6. The van der Waals surface area contributed by atoms with Gasteiger partial charge in [-0.1, -0.05) is 12.1 Å². The number of hydrogen-bond donors (Lipinski definition) is 1. The normalized spacial score (nSPS) is 12.6. The summed E-state index contributed by atoms with van der Waals surface area (Å²) in [6, 6.07) is 9.53. The standard InChI is InChI=1S/C26H29N3O6/c1-6-28(13-22(30)27-15(2)3)23(31)14-35-26(34)18-9-10-19-20(12-18)25(33)29(24(19)32)21-11-16(4)7-8-17(21)5/h7-12,15H,6,13-14H2,1-5H3,(H,27,30). The lowest BCUT2D eigenvalue weighted by atomic mass is 10.1. The number of benzene rings is 2. The first-order chi connectivity index (χ1) is 16.5. The number of imide groups is 1. The number of likely N-dealkylation sites (N-methyl/N-ethyl adjacent to an activating group) is 1. The Balaban J connectivity index is 1.71. The van der Waals surface area contributed by atoms with Gasteiger partial charge in [0.1, 0.15) is 0 Å². The molecule has 0 bridgehead atoms. The topological polar surface area (TPSA) is 113 Å². The van der Waals surface area contributed by atoms with Gasteiger partial charge >= 0.3 is 5.97 Å². The highest BCUT2D eigenvalue weighted by Crippen LogP contribution is 2.31. The maximum absolute atomic E-state index is 13.1. The Hall–Kier alpha value is -4.01. The third-order valence-corrected chi connectivity index (χ3v) is 5.57. The number of nitrogens with one attached hydrogen (secondary N) is 1. The molecule has 0 atom stereocenters. The molecule has 0 fully saturated rings. The van der Waals surface area contributed by atoms with Crippen LogP contribution in [0.2, 0.25) is 0 Å². The minimum atomic E-state index is -0.811. The molecule has 0 radical (unpaired) electrons. The van der Waals surface area contributed by atoms with Crippen LogP contribution in [-0.2, 0) is 14.3 Å². The number of rotatable bonds is 8. The molecule has 0 saturated carbocycles.